The number of nitrogens with two attached hydrogens (primary N) is 1. The highest BCUT2D eigenvalue weighted by molar-refractivity contribution is 14.0. The lowest BCUT2D eigenvalue weighted by molar-refractivity contribution is 0.188. The van der Waals surface area contributed by atoms with Gasteiger partial charge in [0.25, 0.3) is 0 Å². The molecule has 0 saturated carbocycles. The number of carbonyl (C=O) groups excluding carboxylic acids is 1. The average molecular weight is 494 g/mol. The number of rotatable bonds is 8. The minimum Gasteiger partial charge on any atom is -0.357 e. The number of nitrogens with zero attached hydrogens (tertiary/aromatic N) is 3. The molecule has 0 aliphatic carbocycles. The Morgan fingerprint density at radius 2 is 1.78 bits per heavy atom. The molecule has 0 aromatic carbocycles. The van der Waals surface area contributed by atoms with E-state index in [-0.39, 0.29) is 30.0 Å². The zero-order valence-electron chi connectivity index (χ0n) is 16.9. The second-order valence-corrected chi connectivity index (χ2v) is 7.47. The van der Waals surface area contributed by atoms with Gasteiger partial charge in [0, 0.05) is 32.2 Å². The van der Waals surface area contributed by atoms with Crippen LogP contribution in [-0.2, 0) is 0 Å². The van der Waals surface area contributed by atoms with Crippen molar-refractivity contribution in [3.8, 4) is 0 Å². The quantitative estimate of drug-likeness (QED) is 0.209. The van der Waals surface area contributed by atoms with Crippen molar-refractivity contribution < 1.29 is 4.79 Å². The van der Waals surface area contributed by atoms with Gasteiger partial charge in [0.2, 0.25) is 0 Å². The molecule has 0 spiro atoms. The molecule has 2 fully saturated rings. The standard InChI is InChI=1S/C19H38N6O.HI/c1-2-21-19(23-17-9-15-25(16-10-17)18(20)26)22-11-5-3-6-12-24-13-7-4-8-14-24;/h17H,2-16H2,1H3,(H2,20,26)(H2,21,22,23);1H. The van der Waals surface area contributed by atoms with Crippen LogP contribution in [0.25, 0.3) is 0 Å². The first-order valence-corrected chi connectivity index (χ1v) is 10.5. The van der Waals surface area contributed by atoms with Crippen molar-refractivity contribution in [1.29, 1.82) is 0 Å². The molecule has 0 unspecified atom stereocenters. The molecule has 8 heteroatoms. The van der Waals surface area contributed by atoms with Crippen LogP contribution in [0.4, 0.5) is 4.79 Å². The van der Waals surface area contributed by atoms with Crippen LogP contribution < -0.4 is 16.4 Å². The highest BCUT2D eigenvalue weighted by Crippen LogP contribution is 2.11. The molecular formula is C19H39IN6O. The van der Waals surface area contributed by atoms with Crippen molar-refractivity contribution in [2.75, 3.05) is 45.8 Å². The molecule has 7 nitrogen and oxygen atoms in total. The van der Waals surface area contributed by atoms with Crippen LogP contribution >= 0.6 is 24.0 Å². The average Bonchev–Trinajstić information content (AvgIpc) is 2.66. The van der Waals surface area contributed by atoms with E-state index in [2.05, 4.69) is 22.5 Å². The topological polar surface area (TPSA) is 86.0 Å². The molecule has 158 valence electrons. The summed E-state index contributed by atoms with van der Waals surface area (Å²) in [7, 11) is 0. The second-order valence-electron chi connectivity index (χ2n) is 7.47. The van der Waals surface area contributed by atoms with Gasteiger partial charge in [-0.2, -0.15) is 0 Å². The second kappa shape index (κ2) is 14.3. The third kappa shape index (κ3) is 9.82. The van der Waals surface area contributed by atoms with E-state index in [0.29, 0.717) is 6.04 Å². The summed E-state index contributed by atoms with van der Waals surface area (Å²) in [5.41, 5.74) is 5.34. The van der Waals surface area contributed by atoms with Crippen molar-refractivity contribution in [2.45, 2.75) is 64.3 Å². The number of hydrogen-bond donors (Lipinski definition) is 3. The van der Waals surface area contributed by atoms with Crippen LogP contribution in [0.15, 0.2) is 4.99 Å². The highest BCUT2D eigenvalue weighted by atomic mass is 127. The predicted molar refractivity (Wildman–Crippen MR) is 123 cm³/mol. The van der Waals surface area contributed by atoms with Crippen molar-refractivity contribution in [2.24, 2.45) is 10.7 Å². The summed E-state index contributed by atoms with van der Waals surface area (Å²) in [6, 6.07) is 0.0519. The molecule has 2 heterocycles. The predicted octanol–water partition coefficient (Wildman–Crippen LogP) is 2.36. The van der Waals surface area contributed by atoms with Crippen LogP contribution in [0.2, 0.25) is 0 Å². The third-order valence-electron chi connectivity index (χ3n) is 5.34. The number of piperidine rings is 2. The Hall–Kier alpha value is -0.770. The fraction of sp³-hybridized carbons (Fsp3) is 0.895. The number of carbonyl (C=O) groups is 1. The summed E-state index contributed by atoms with van der Waals surface area (Å²) < 4.78 is 0. The molecule has 2 amide bonds. The number of likely N-dealkylation sites (tertiary alicyclic amines) is 2. The molecule has 4 N–H and O–H groups in total. The number of hydrogen-bond acceptors (Lipinski definition) is 3. The van der Waals surface area contributed by atoms with Crippen LogP contribution in [-0.4, -0.2) is 73.6 Å². The van der Waals surface area contributed by atoms with E-state index in [0.717, 1.165) is 51.4 Å². The van der Waals surface area contributed by atoms with Crippen molar-refractivity contribution in [3.63, 3.8) is 0 Å². The van der Waals surface area contributed by atoms with Crippen LogP contribution in [0.3, 0.4) is 0 Å². The molecule has 0 radical (unpaired) electrons. The highest BCUT2D eigenvalue weighted by Gasteiger charge is 2.21. The van der Waals surface area contributed by atoms with Gasteiger partial charge in [-0.25, -0.2) is 4.79 Å². The first kappa shape index (κ1) is 24.3. The van der Waals surface area contributed by atoms with Gasteiger partial charge in [0.15, 0.2) is 5.96 Å². The number of guanidine groups is 1. The summed E-state index contributed by atoms with van der Waals surface area (Å²) in [5, 5.41) is 6.84. The van der Waals surface area contributed by atoms with E-state index in [1.54, 1.807) is 4.90 Å². The van der Waals surface area contributed by atoms with Gasteiger partial charge in [0.1, 0.15) is 0 Å². The maximum Gasteiger partial charge on any atom is 0.314 e. The minimum absolute atomic E-state index is 0. The molecule has 0 bridgehead atoms. The number of amides is 2. The number of unbranched alkanes of at least 4 members (excludes halogenated alkanes) is 2. The van der Waals surface area contributed by atoms with E-state index in [9.17, 15) is 4.79 Å². The van der Waals surface area contributed by atoms with Gasteiger partial charge in [-0.05, 0) is 65.1 Å². The van der Waals surface area contributed by atoms with E-state index in [4.69, 9.17) is 10.7 Å². The van der Waals surface area contributed by atoms with Crippen LogP contribution in [0.5, 0.6) is 0 Å². The maximum absolute atomic E-state index is 11.2. The van der Waals surface area contributed by atoms with E-state index in [1.165, 1.54) is 51.7 Å². The van der Waals surface area contributed by atoms with Crippen molar-refractivity contribution in [3.05, 3.63) is 0 Å². The Morgan fingerprint density at radius 3 is 2.41 bits per heavy atom. The lowest BCUT2D eigenvalue weighted by Gasteiger charge is -2.32. The lowest BCUT2D eigenvalue weighted by Crippen LogP contribution is -2.50. The van der Waals surface area contributed by atoms with E-state index >= 15 is 0 Å². The summed E-state index contributed by atoms with van der Waals surface area (Å²) >= 11 is 0. The molecule has 2 aliphatic rings. The molecular weight excluding hydrogens is 455 g/mol. The third-order valence-corrected chi connectivity index (χ3v) is 5.34. The van der Waals surface area contributed by atoms with Gasteiger partial charge in [0.05, 0.1) is 0 Å². The number of primary amides is 1. The first-order chi connectivity index (χ1) is 12.7. The zero-order chi connectivity index (χ0) is 18.6. The fourth-order valence-corrected chi connectivity index (χ4v) is 3.76. The SMILES string of the molecule is CCNC(=NCCCCCN1CCCCC1)NC1CCN(C(N)=O)CC1.I. The Kier molecular flexibility index (Phi) is 12.8. The molecule has 0 aromatic heterocycles. The molecule has 2 aliphatic heterocycles. The first-order valence-electron chi connectivity index (χ1n) is 10.5. The Bertz CT molecular complexity index is 434. The summed E-state index contributed by atoms with van der Waals surface area (Å²) in [6.45, 7) is 9.11. The lowest BCUT2D eigenvalue weighted by atomic mass is 10.1. The number of aliphatic imine (C=N–C) groups is 1. The fourth-order valence-electron chi connectivity index (χ4n) is 3.76. The number of halogens is 1. The molecule has 0 aromatic rings. The molecule has 0 atom stereocenters. The van der Waals surface area contributed by atoms with Crippen LogP contribution in [0.1, 0.15) is 58.3 Å². The Balaban J connectivity index is 0.00000364. The van der Waals surface area contributed by atoms with Crippen LogP contribution in [0, 0.1) is 0 Å². The van der Waals surface area contributed by atoms with Gasteiger partial charge >= 0.3 is 6.03 Å². The molecule has 2 saturated heterocycles. The maximum atomic E-state index is 11.2. The minimum atomic E-state index is -0.312. The number of nitrogens with one attached hydrogen (secondary N) is 2. The van der Waals surface area contributed by atoms with E-state index in [1.807, 2.05) is 0 Å². The van der Waals surface area contributed by atoms with Gasteiger partial charge in [-0.15, -0.1) is 24.0 Å². The molecule has 2 rings (SSSR count). The summed E-state index contributed by atoms with van der Waals surface area (Å²) in [4.78, 5) is 20.2. The molecule has 27 heavy (non-hydrogen) atoms. The monoisotopic (exact) mass is 494 g/mol. The summed E-state index contributed by atoms with van der Waals surface area (Å²) in [5.74, 6) is 0.904. The number of urea groups is 1. The Labute approximate surface area is 181 Å². The largest absolute Gasteiger partial charge is 0.357 e. The Morgan fingerprint density at radius 1 is 1.07 bits per heavy atom. The summed E-state index contributed by atoms with van der Waals surface area (Å²) in [6.07, 6.45) is 9.67. The van der Waals surface area contributed by atoms with Crippen molar-refractivity contribution in [1.82, 2.24) is 20.4 Å². The zero-order valence-corrected chi connectivity index (χ0v) is 19.2. The van der Waals surface area contributed by atoms with E-state index < -0.39 is 0 Å². The van der Waals surface area contributed by atoms with Crippen molar-refractivity contribution >= 4 is 36.0 Å². The normalized spacial score (nSPS) is 19.4. The van der Waals surface area contributed by atoms with Gasteiger partial charge in [-0.1, -0.05) is 12.8 Å². The van der Waals surface area contributed by atoms with Gasteiger partial charge in [-0.3, -0.25) is 4.99 Å². The van der Waals surface area contributed by atoms with Gasteiger partial charge < -0.3 is 26.2 Å². The smallest absolute Gasteiger partial charge is 0.314 e.